The van der Waals surface area contributed by atoms with Gasteiger partial charge in [0.25, 0.3) is 11.8 Å². The van der Waals surface area contributed by atoms with Crippen molar-refractivity contribution in [3.63, 3.8) is 0 Å². The Morgan fingerprint density at radius 2 is 1.81 bits per heavy atom. The van der Waals surface area contributed by atoms with Crippen LogP contribution >= 0.6 is 15.9 Å². The monoisotopic (exact) mass is 558 g/mol. The van der Waals surface area contributed by atoms with Gasteiger partial charge in [0.15, 0.2) is 0 Å². The molecule has 0 fully saturated rings. The van der Waals surface area contributed by atoms with E-state index in [1.165, 1.54) is 6.92 Å². The van der Waals surface area contributed by atoms with E-state index in [1.54, 1.807) is 17.7 Å². The molecule has 8 nitrogen and oxygen atoms in total. The Bertz CT molecular complexity index is 1460. The molecule has 186 valence electrons. The van der Waals surface area contributed by atoms with Gasteiger partial charge in [-0.3, -0.25) is 19.3 Å². The van der Waals surface area contributed by atoms with Gasteiger partial charge in [-0.1, -0.05) is 46.3 Å². The fraction of sp³-hybridized carbons (Fsp3) is 0.179. The van der Waals surface area contributed by atoms with Crippen LogP contribution in [0.25, 0.3) is 23.0 Å². The van der Waals surface area contributed by atoms with Crippen LogP contribution in [0.4, 0.5) is 0 Å². The van der Waals surface area contributed by atoms with E-state index in [4.69, 9.17) is 9.84 Å². The van der Waals surface area contributed by atoms with Gasteiger partial charge in [-0.15, -0.1) is 0 Å². The number of benzene rings is 2. The van der Waals surface area contributed by atoms with E-state index in [1.807, 2.05) is 66.9 Å². The minimum Gasteiger partial charge on any atom is -0.466 e. The Kier molecular flexibility index (Phi) is 7.80. The van der Waals surface area contributed by atoms with Crippen molar-refractivity contribution in [1.82, 2.24) is 14.7 Å². The molecule has 2 heterocycles. The van der Waals surface area contributed by atoms with Crippen molar-refractivity contribution in [2.45, 2.75) is 20.3 Å². The molecule has 0 saturated carbocycles. The molecule has 0 N–H and O–H groups in total. The molecule has 0 aliphatic carbocycles. The van der Waals surface area contributed by atoms with E-state index in [-0.39, 0.29) is 30.7 Å². The standard InChI is InChI=1S/C28H23BrN4O4/c1-18-24(27(35)32(28(36)25(18)16-30)13-6-14-37-19(2)34)15-21-17-33(23-7-4-3-5-8-23)31-26(21)20-9-11-22(29)12-10-20/h3-5,7-12,15,17H,6,13-14H2,1-2H3/b24-15+. The second-order valence-electron chi connectivity index (χ2n) is 8.35. The van der Waals surface area contributed by atoms with Gasteiger partial charge in [0.1, 0.15) is 11.6 Å². The molecule has 1 aromatic heterocycles. The zero-order valence-electron chi connectivity index (χ0n) is 20.3. The van der Waals surface area contributed by atoms with E-state index < -0.39 is 17.8 Å². The molecule has 0 bridgehead atoms. The number of imide groups is 1. The molecule has 2 aromatic carbocycles. The first kappa shape index (κ1) is 25.8. The summed E-state index contributed by atoms with van der Waals surface area (Å²) in [5.41, 5.74) is 3.41. The SMILES string of the molecule is CC(=O)OCCCN1C(=O)C(C#N)=C(C)/C(=C\c2cn(-c3ccccc3)nc2-c2ccc(Br)cc2)C1=O. The maximum Gasteiger partial charge on any atom is 0.302 e. The van der Waals surface area contributed by atoms with Gasteiger partial charge in [-0.05, 0) is 49.3 Å². The number of rotatable bonds is 7. The fourth-order valence-electron chi connectivity index (χ4n) is 3.96. The number of esters is 1. The van der Waals surface area contributed by atoms with Gasteiger partial charge < -0.3 is 4.74 Å². The first-order valence-electron chi connectivity index (χ1n) is 11.5. The molecule has 0 spiro atoms. The predicted octanol–water partition coefficient (Wildman–Crippen LogP) is 4.85. The highest BCUT2D eigenvalue weighted by molar-refractivity contribution is 9.10. The van der Waals surface area contributed by atoms with E-state index in [2.05, 4.69) is 15.9 Å². The number of carbonyl (C=O) groups excluding carboxylic acids is 3. The molecule has 0 saturated heterocycles. The lowest BCUT2D eigenvalue weighted by Gasteiger charge is -2.27. The largest absolute Gasteiger partial charge is 0.466 e. The van der Waals surface area contributed by atoms with E-state index in [9.17, 15) is 19.6 Å². The Morgan fingerprint density at radius 3 is 2.46 bits per heavy atom. The summed E-state index contributed by atoms with van der Waals surface area (Å²) in [7, 11) is 0. The number of nitriles is 1. The first-order chi connectivity index (χ1) is 17.8. The molecule has 0 atom stereocenters. The molecule has 2 amide bonds. The van der Waals surface area contributed by atoms with Crippen molar-refractivity contribution in [3.8, 4) is 23.0 Å². The normalized spacial score (nSPS) is 14.8. The van der Waals surface area contributed by atoms with Crippen LogP contribution in [0, 0.1) is 11.3 Å². The summed E-state index contributed by atoms with van der Waals surface area (Å²) in [6, 6.07) is 19.2. The summed E-state index contributed by atoms with van der Waals surface area (Å²) in [6.45, 7) is 2.96. The van der Waals surface area contributed by atoms with Crippen LogP contribution in [-0.4, -0.2) is 45.6 Å². The van der Waals surface area contributed by atoms with Crippen LogP contribution < -0.4 is 0 Å². The highest BCUT2D eigenvalue weighted by Gasteiger charge is 2.35. The zero-order valence-corrected chi connectivity index (χ0v) is 21.9. The minimum absolute atomic E-state index is 0.0175. The lowest BCUT2D eigenvalue weighted by Crippen LogP contribution is -2.43. The lowest BCUT2D eigenvalue weighted by atomic mass is 9.93. The number of para-hydroxylation sites is 1. The average molecular weight is 559 g/mol. The molecule has 1 aliphatic rings. The number of amides is 2. The summed E-state index contributed by atoms with van der Waals surface area (Å²) in [5.74, 6) is -1.61. The smallest absolute Gasteiger partial charge is 0.302 e. The van der Waals surface area contributed by atoms with Gasteiger partial charge in [0, 0.05) is 40.8 Å². The molecule has 0 unspecified atom stereocenters. The van der Waals surface area contributed by atoms with Crippen molar-refractivity contribution in [2.24, 2.45) is 0 Å². The van der Waals surface area contributed by atoms with E-state index in [0.717, 1.165) is 20.6 Å². The third-order valence-corrected chi connectivity index (χ3v) is 6.37. The number of ether oxygens (including phenoxy) is 1. The van der Waals surface area contributed by atoms with Gasteiger partial charge in [0.2, 0.25) is 0 Å². The molecular formula is C28H23BrN4O4. The maximum absolute atomic E-state index is 13.5. The Morgan fingerprint density at radius 1 is 1.11 bits per heavy atom. The van der Waals surface area contributed by atoms with Crippen LogP contribution in [0.2, 0.25) is 0 Å². The van der Waals surface area contributed by atoms with Crippen molar-refractivity contribution in [1.29, 1.82) is 5.26 Å². The van der Waals surface area contributed by atoms with Crippen molar-refractivity contribution in [3.05, 3.63) is 87.5 Å². The zero-order chi connectivity index (χ0) is 26.5. The number of hydrogen-bond acceptors (Lipinski definition) is 6. The fourth-order valence-corrected chi connectivity index (χ4v) is 4.23. The third kappa shape index (κ3) is 5.60. The van der Waals surface area contributed by atoms with Crippen LogP contribution in [-0.2, 0) is 19.1 Å². The summed E-state index contributed by atoms with van der Waals surface area (Å²) in [4.78, 5) is 38.4. The average Bonchev–Trinajstić information content (AvgIpc) is 3.31. The van der Waals surface area contributed by atoms with Gasteiger partial charge >= 0.3 is 5.97 Å². The van der Waals surface area contributed by atoms with Crippen molar-refractivity contribution < 1.29 is 19.1 Å². The summed E-state index contributed by atoms with van der Waals surface area (Å²) in [6.07, 6.45) is 3.75. The van der Waals surface area contributed by atoms with E-state index in [0.29, 0.717) is 16.8 Å². The Hall–Kier alpha value is -4.29. The summed E-state index contributed by atoms with van der Waals surface area (Å²) in [5, 5.41) is 14.5. The topological polar surface area (TPSA) is 105 Å². The molecule has 0 radical (unpaired) electrons. The van der Waals surface area contributed by atoms with Gasteiger partial charge in [-0.25, -0.2) is 4.68 Å². The van der Waals surface area contributed by atoms with Gasteiger partial charge in [-0.2, -0.15) is 10.4 Å². The number of carbonyl (C=O) groups is 3. The third-order valence-electron chi connectivity index (χ3n) is 5.84. The first-order valence-corrected chi connectivity index (χ1v) is 12.3. The van der Waals surface area contributed by atoms with Crippen LogP contribution in [0.5, 0.6) is 0 Å². The van der Waals surface area contributed by atoms with E-state index >= 15 is 0 Å². The summed E-state index contributed by atoms with van der Waals surface area (Å²) < 4.78 is 7.57. The number of nitrogens with zero attached hydrogens (tertiary/aromatic N) is 4. The van der Waals surface area contributed by atoms with Crippen molar-refractivity contribution >= 4 is 39.8 Å². The van der Waals surface area contributed by atoms with Crippen molar-refractivity contribution in [2.75, 3.05) is 13.2 Å². The maximum atomic E-state index is 13.5. The second-order valence-corrected chi connectivity index (χ2v) is 9.26. The molecule has 3 aromatic rings. The minimum atomic E-state index is -0.655. The second kappa shape index (κ2) is 11.2. The lowest BCUT2D eigenvalue weighted by molar-refractivity contribution is -0.141. The van der Waals surface area contributed by atoms with Crippen LogP contribution in [0.15, 0.2) is 82.0 Å². The molecule has 9 heteroatoms. The molecule has 1 aliphatic heterocycles. The molecular weight excluding hydrogens is 536 g/mol. The highest BCUT2D eigenvalue weighted by atomic mass is 79.9. The summed E-state index contributed by atoms with van der Waals surface area (Å²) >= 11 is 3.45. The van der Waals surface area contributed by atoms with Gasteiger partial charge in [0.05, 0.1) is 18.0 Å². The highest BCUT2D eigenvalue weighted by Crippen LogP contribution is 2.31. The number of halogens is 1. The van der Waals surface area contributed by atoms with Crippen LogP contribution in [0.3, 0.4) is 0 Å². The molecule has 37 heavy (non-hydrogen) atoms. The molecule has 4 rings (SSSR count). The number of hydrogen-bond donors (Lipinski definition) is 0. The quantitative estimate of drug-likeness (QED) is 0.178. The Labute approximate surface area is 222 Å². The Balaban J connectivity index is 1.80. The number of aromatic nitrogens is 2. The predicted molar refractivity (Wildman–Crippen MR) is 141 cm³/mol. The van der Waals surface area contributed by atoms with Crippen LogP contribution in [0.1, 0.15) is 25.8 Å².